The van der Waals surface area contributed by atoms with Crippen molar-refractivity contribution >= 4 is 17.6 Å². The summed E-state index contributed by atoms with van der Waals surface area (Å²) < 4.78 is 11.1. The van der Waals surface area contributed by atoms with Crippen LogP contribution in [0.1, 0.15) is 16.7 Å². The standard InChI is InChI=1S/C27H37N3O7/c1-18-5-4-6-19(2)26(18)28-25(33)16-30-11-9-29(10-12-30)15-21(31)17-37-23-8-7-20(14-24(23)36-3)13-22(32)27(34)35/h4-8,14,21-22,31-32H,9-13,15-17H2,1-3H3,(H,28,33)(H,34,35). The van der Waals surface area contributed by atoms with Crippen molar-refractivity contribution in [3.8, 4) is 11.5 Å². The van der Waals surface area contributed by atoms with Crippen LogP contribution < -0.4 is 14.8 Å². The Balaban J connectivity index is 1.41. The van der Waals surface area contributed by atoms with E-state index in [2.05, 4.69) is 15.1 Å². The summed E-state index contributed by atoms with van der Waals surface area (Å²) in [4.78, 5) is 27.7. The molecule has 0 saturated carbocycles. The van der Waals surface area contributed by atoms with Crippen LogP contribution in [0, 0.1) is 13.8 Å². The van der Waals surface area contributed by atoms with Crippen LogP contribution in [0.3, 0.4) is 0 Å². The molecule has 2 atom stereocenters. The summed E-state index contributed by atoms with van der Waals surface area (Å²) in [6, 6.07) is 10.8. The number of hydrogen-bond donors (Lipinski definition) is 4. The third kappa shape index (κ3) is 8.43. The van der Waals surface area contributed by atoms with Gasteiger partial charge in [0.2, 0.25) is 5.91 Å². The molecule has 1 aliphatic heterocycles. The highest BCUT2D eigenvalue weighted by molar-refractivity contribution is 5.93. The van der Waals surface area contributed by atoms with Crippen LogP contribution in [0.2, 0.25) is 0 Å². The number of aliphatic carboxylic acids is 1. The van der Waals surface area contributed by atoms with E-state index in [-0.39, 0.29) is 18.9 Å². The summed E-state index contributed by atoms with van der Waals surface area (Å²) in [5, 5.41) is 32.0. The largest absolute Gasteiger partial charge is 0.493 e. The fourth-order valence-corrected chi connectivity index (χ4v) is 4.33. The molecule has 2 unspecified atom stereocenters. The third-order valence-corrected chi connectivity index (χ3v) is 6.42. The Labute approximate surface area is 217 Å². The van der Waals surface area contributed by atoms with Crippen molar-refractivity contribution in [3.63, 3.8) is 0 Å². The number of amides is 1. The molecular formula is C27H37N3O7. The van der Waals surface area contributed by atoms with Gasteiger partial charge in [-0.1, -0.05) is 24.3 Å². The summed E-state index contributed by atoms with van der Waals surface area (Å²) in [5.74, 6) is -0.495. The molecule has 202 valence electrons. The summed E-state index contributed by atoms with van der Waals surface area (Å²) in [5.41, 5.74) is 3.55. The molecule has 0 radical (unpaired) electrons. The first-order valence-electron chi connectivity index (χ1n) is 12.4. The number of carbonyl (C=O) groups is 2. The molecule has 0 aliphatic carbocycles. The molecule has 3 rings (SSSR count). The number of nitrogens with one attached hydrogen (secondary N) is 1. The van der Waals surface area contributed by atoms with Crippen molar-refractivity contribution in [2.45, 2.75) is 32.5 Å². The third-order valence-electron chi connectivity index (χ3n) is 6.42. The van der Waals surface area contributed by atoms with Gasteiger partial charge in [0.1, 0.15) is 12.7 Å². The van der Waals surface area contributed by atoms with E-state index in [1.165, 1.54) is 7.11 Å². The zero-order valence-corrected chi connectivity index (χ0v) is 21.6. The number of carbonyl (C=O) groups excluding carboxylic acids is 1. The number of hydrogen-bond acceptors (Lipinski definition) is 8. The smallest absolute Gasteiger partial charge is 0.332 e. The Morgan fingerprint density at radius 3 is 2.27 bits per heavy atom. The van der Waals surface area contributed by atoms with E-state index in [0.29, 0.717) is 30.2 Å². The second kappa shape index (κ2) is 13.4. The minimum absolute atomic E-state index is 0.0308. The van der Waals surface area contributed by atoms with Gasteiger partial charge in [0.15, 0.2) is 17.6 Å². The van der Waals surface area contributed by atoms with Crippen LogP contribution in [0.5, 0.6) is 11.5 Å². The average Bonchev–Trinajstić information content (AvgIpc) is 2.86. The number of carboxylic acid groups (broad SMARTS) is 1. The van der Waals surface area contributed by atoms with E-state index in [4.69, 9.17) is 14.6 Å². The Kier molecular flexibility index (Phi) is 10.3. The molecule has 0 aromatic heterocycles. The molecule has 1 aliphatic rings. The zero-order chi connectivity index (χ0) is 26.9. The fraction of sp³-hybridized carbons (Fsp3) is 0.481. The highest BCUT2D eigenvalue weighted by Gasteiger charge is 2.22. The lowest BCUT2D eigenvalue weighted by Crippen LogP contribution is -2.50. The van der Waals surface area contributed by atoms with Gasteiger partial charge in [0.25, 0.3) is 0 Å². The monoisotopic (exact) mass is 515 g/mol. The molecule has 10 nitrogen and oxygen atoms in total. The summed E-state index contributed by atoms with van der Waals surface area (Å²) in [6.45, 7) is 7.71. The van der Waals surface area contributed by atoms with Crippen molar-refractivity contribution in [1.29, 1.82) is 0 Å². The van der Waals surface area contributed by atoms with Gasteiger partial charge in [-0.3, -0.25) is 14.6 Å². The molecule has 1 heterocycles. The van der Waals surface area contributed by atoms with Crippen molar-refractivity contribution in [2.24, 2.45) is 0 Å². The number of aliphatic hydroxyl groups excluding tert-OH is 2. The molecular weight excluding hydrogens is 478 g/mol. The molecule has 4 N–H and O–H groups in total. The van der Waals surface area contributed by atoms with E-state index >= 15 is 0 Å². The van der Waals surface area contributed by atoms with Crippen LogP contribution in [-0.4, -0.2) is 102 Å². The van der Waals surface area contributed by atoms with Gasteiger partial charge in [0.05, 0.1) is 13.7 Å². The Morgan fingerprint density at radius 2 is 1.65 bits per heavy atom. The second-order valence-corrected chi connectivity index (χ2v) is 9.40. The number of ether oxygens (including phenoxy) is 2. The first kappa shape index (κ1) is 28.4. The molecule has 0 spiro atoms. The van der Waals surface area contributed by atoms with Gasteiger partial charge < -0.3 is 30.1 Å². The summed E-state index contributed by atoms with van der Waals surface area (Å²) >= 11 is 0. The molecule has 2 aromatic rings. The fourth-order valence-electron chi connectivity index (χ4n) is 4.33. The highest BCUT2D eigenvalue weighted by Crippen LogP contribution is 2.29. The Hall–Kier alpha value is -3.18. The van der Waals surface area contributed by atoms with Gasteiger partial charge in [0, 0.05) is 44.8 Å². The van der Waals surface area contributed by atoms with Crippen LogP contribution in [0.25, 0.3) is 0 Å². The minimum atomic E-state index is -1.49. The lowest BCUT2D eigenvalue weighted by atomic mass is 10.1. The number of piperazine rings is 1. The number of β-amino-alcohol motifs (C(OH)–C–C–N with tert-alkyl or cyclic N) is 1. The number of carboxylic acids is 1. The first-order valence-corrected chi connectivity index (χ1v) is 12.4. The minimum Gasteiger partial charge on any atom is -0.493 e. The SMILES string of the molecule is COc1cc(CC(O)C(=O)O)ccc1OCC(O)CN1CCN(CC(=O)Nc2c(C)cccc2C)CC1. The molecule has 0 bridgehead atoms. The molecule has 1 fully saturated rings. The van der Waals surface area contributed by atoms with E-state index < -0.39 is 18.2 Å². The number of anilines is 1. The van der Waals surface area contributed by atoms with Crippen molar-refractivity contribution < 1.29 is 34.4 Å². The lowest BCUT2D eigenvalue weighted by molar-refractivity contribution is -0.146. The predicted molar refractivity (Wildman–Crippen MR) is 139 cm³/mol. The predicted octanol–water partition coefficient (Wildman–Crippen LogP) is 1.30. The van der Waals surface area contributed by atoms with Gasteiger partial charge in [-0.05, 0) is 42.7 Å². The number of nitrogens with zero attached hydrogens (tertiary/aromatic N) is 2. The van der Waals surface area contributed by atoms with Crippen LogP contribution in [0.4, 0.5) is 5.69 Å². The molecule has 1 saturated heterocycles. The number of aryl methyl sites for hydroxylation is 2. The molecule has 2 aromatic carbocycles. The topological polar surface area (TPSA) is 132 Å². The maximum Gasteiger partial charge on any atom is 0.332 e. The number of rotatable bonds is 12. The van der Waals surface area contributed by atoms with Crippen molar-refractivity contribution in [1.82, 2.24) is 9.80 Å². The van der Waals surface area contributed by atoms with Crippen LogP contribution >= 0.6 is 0 Å². The molecule has 37 heavy (non-hydrogen) atoms. The van der Waals surface area contributed by atoms with E-state index in [0.717, 1.165) is 43.0 Å². The highest BCUT2D eigenvalue weighted by atomic mass is 16.5. The number of methoxy groups -OCH3 is 1. The Bertz CT molecular complexity index is 1050. The molecule has 10 heteroatoms. The average molecular weight is 516 g/mol. The number of para-hydroxylation sites is 1. The lowest BCUT2D eigenvalue weighted by Gasteiger charge is -2.35. The zero-order valence-electron chi connectivity index (χ0n) is 21.6. The van der Waals surface area contributed by atoms with Gasteiger partial charge >= 0.3 is 5.97 Å². The number of aliphatic hydroxyl groups is 2. The van der Waals surface area contributed by atoms with Gasteiger partial charge in [-0.15, -0.1) is 0 Å². The van der Waals surface area contributed by atoms with Crippen LogP contribution in [0.15, 0.2) is 36.4 Å². The van der Waals surface area contributed by atoms with Crippen molar-refractivity contribution in [2.75, 3.05) is 58.3 Å². The maximum atomic E-state index is 12.5. The normalized spacial score (nSPS) is 16.1. The number of benzene rings is 2. The van der Waals surface area contributed by atoms with E-state index in [1.54, 1.807) is 18.2 Å². The Morgan fingerprint density at radius 1 is 1.00 bits per heavy atom. The van der Waals surface area contributed by atoms with Gasteiger partial charge in [-0.2, -0.15) is 0 Å². The van der Waals surface area contributed by atoms with E-state index in [1.807, 2.05) is 32.0 Å². The van der Waals surface area contributed by atoms with Gasteiger partial charge in [-0.25, -0.2) is 4.79 Å². The second-order valence-electron chi connectivity index (χ2n) is 9.40. The first-order chi connectivity index (χ1) is 17.7. The summed E-state index contributed by atoms with van der Waals surface area (Å²) in [7, 11) is 1.47. The quantitative estimate of drug-likeness (QED) is 0.330. The van der Waals surface area contributed by atoms with Crippen molar-refractivity contribution in [3.05, 3.63) is 53.1 Å². The summed E-state index contributed by atoms with van der Waals surface area (Å²) in [6.07, 6.45) is -2.27. The van der Waals surface area contributed by atoms with E-state index in [9.17, 15) is 19.8 Å². The maximum absolute atomic E-state index is 12.5. The van der Waals surface area contributed by atoms with Crippen LogP contribution in [-0.2, 0) is 16.0 Å². The molecule has 1 amide bonds.